The molecule has 0 amide bonds. The van der Waals surface area contributed by atoms with E-state index < -0.39 is 6.04 Å². The summed E-state index contributed by atoms with van der Waals surface area (Å²) in [6, 6.07) is -0.420. The van der Waals surface area contributed by atoms with Crippen LogP contribution >= 0.6 is 11.3 Å². The van der Waals surface area contributed by atoms with Gasteiger partial charge in [0.05, 0.1) is 6.04 Å². The summed E-state index contributed by atoms with van der Waals surface area (Å²) in [5, 5.41) is 2.04. The van der Waals surface area contributed by atoms with Crippen LogP contribution in [0.2, 0.25) is 0 Å². The summed E-state index contributed by atoms with van der Waals surface area (Å²) in [6.07, 6.45) is 7.21. The molecule has 1 rings (SSSR count). The van der Waals surface area contributed by atoms with E-state index in [1.165, 1.54) is 4.88 Å². The number of aldehydes is 1. The molecule has 0 bridgehead atoms. The van der Waals surface area contributed by atoms with Gasteiger partial charge >= 0.3 is 0 Å². The van der Waals surface area contributed by atoms with Crippen molar-refractivity contribution in [2.24, 2.45) is 5.73 Å². The first-order valence-corrected chi connectivity index (χ1v) is 5.67. The number of hydrogen-bond acceptors (Lipinski definition) is 3. The molecule has 1 aromatic heterocycles. The Morgan fingerprint density at radius 1 is 1.73 bits per heavy atom. The Labute approximate surface area is 95.6 Å². The Hall–Kier alpha value is -1.19. The Balaban J connectivity index is 0.00000225. The van der Waals surface area contributed by atoms with Crippen molar-refractivity contribution in [3.8, 4) is 0 Å². The van der Waals surface area contributed by atoms with Crippen molar-refractivity contribution < 1.29 is 6.22 Å². The highest BCUT2D eigenvalue weighted by Gasteiger charge is 2.09. The van der Waals surface area contributed by atoms with Gasteiger partial charge in [0.15, 0.2) is 0 Å². The molecule has 2 N–H and O–H groups in total. The van der Waals surface area contributed by atoms with Gasteiger partial charge in [-0.3, -0.25) is 0 Å². The van der Waals surface area contributed by atoms with Crippen molar-refractivity contribution in [1.29, 1.82) is 0 Å². The zero-order valence-corrected chi connectivity index (χ0v) is 9.59. The molecule has 0 unspecified atom stereocenters. The molecule has 0 spiro atoms. The van der Waals surface area contributed by atoms with Gasteiger partial charge in [0.2, 0.25) is 0 Å². The van der Waals surface area contributed by atoms with Crippen molar-refractivity contribution in [2.45, 2.75) is 19.4 Å². The van der Waals surface area contributed by atoms with Crippen LogP contribution in [0.1, 0.15) is 24.4 Å². The van der Waals surface area contributed by atoms with Crippen LogP contribution in [0.5, 0.6) is 0 Å². The van der Waals surface area contributed by atoms with Gasteiger partial charge < -0.3 is 10.5 Å². The van der Waals surface area contributed by atoms with Crippen molar-refractivity contribution >= 4 is 29.8 Å². The summed E-state index contributed by atoms with van der Waals surface area (Å²) >= 11 is 1.65. The number of allylic oxidation sites excluding steroid dienone is 1. The van der Waals surface area contributed by atoms with Gasteiger partial charge in [0.1, 0.15) is 6.29 Å². The average molecular weight is 223 g/mol. The van der Waals surface area contributed by atoms with E-state index in [0.29, 0.717) is 6.42 Å². The van der Waals surface area contributed by atoms with E-state index in [0.717, 1.165) is 17.4 Å². The van der Waals surface area contributed by atoms with Crippen LogP contribution in [0.4, 0.5) is 0 Å². The van der Waals surface area contributed by atoms with Crippen molar-refractivity contribution in [3.63, 3.8) is 0 Å². The van der Waals surface area contributed by atoms with E-state index in [-0.39, 0.29) is 1.43 Å². The van der Waals surface area contributed by atoms with Crippen molar-refractivity contribution in [3.05, 3.63) is 34.0 Å². The Morgan fingerprint density at radius 3 is 3.00 bits per heavy atom. The van der Waals surface area contributed by atoms with E-state index in [2.05, 4.69) is 6.58 Å². The number of nitrogens with two attached hydrogens (primary N) is 1. The summed E-state index contributed by atoms with van der Waals surface area (Å²) in [6.45, 7) is 5.76. The Bertz CT molecular complexity index is 384. The highest BCUT2D eigenvalue weighted by atomic mass is 32.1. The maximum Gasteiger partial charge on any atom is 0.137 e. The minimum atomic E-state index is -0.420. The lowest BCUT2D eigenvalue weighted by atomic mass is 10.0. The molecule has 1 heterocycles. The minimum Gasteiger partial charge on any atom is -0.321 e. The van der Waals surface area contributed by atoms with Crippen LogP contribution in [0.25, 0.3) is 12.2 Å². The number of thiophene rings is 1. The molecule has 0 aliphatic heterocycles. The first kappa shape index (κ1) is 11.9. The standard InChI is InChI=1S/C12H15NOS.H2/c1-3-5-12-11(4-2)9(8-15-12)6-10(13)7-14;/h3-5,7-8,10H,2,6,13H2,1H3;1H/b5-3-;/t10-;/m0./s1. The summed E-state index contributed by atoms with van der Waals surface area (Å²) in [5.41, 5.74) is 7.79. The van der Waals surface area contributed by atoms with Gasteiger partial charge in [0, 0.05) is 6.30 Å². The van der Waals surface area contributed by atoms with Gasteiger partial charge in [-0.05, 0) is 35.9 Å². The van der Waals surface area contributed by atoms with Crippen LogP contribution in [-0.4, -0.2) is 12.3 Å². The van der Waals surface area contributed by atoms with Crippen molar-refractivity contribution in [2.75, 3.05) is 0 Å². The Kier molecular flexibility index (Phi) is 4.46. The zero-order valence-electron chi connectivity index (χ0n) is 8.77. The van der Waals surface area contributed by atoms with Gasteiger partial charge in [-0.1, -0.05) is 18.7 Å². The fourth-order valence-corrected chi connectivity index (χ4v) is 2.44. The summed E-state index contributed by atoms with van der Waals surface area (Å²) in [5.74, 6) is 0. The highest BCUT2D eigenvalue weighted by Crippen LogP contribution is 2.26. The Morgan fingerprint density at radius 2 is 2.47 bits per heavy atom. The third-order valence-electron chi connectivity index (χ3n) is 2.09. The van der Waals surface area contributed by atoms with Crippen LogP contribution in [0.3, 0.4) is 0 Å². The summed E-state index contributed by atoms with van der Waals surface area (Å²) < 4.78 is 0. The molecule has 3 heteroatoms. The zero-order chi connectivity index (χ0) is 11.3. The van der Waals surface area contributed by atoms with Gasteiger partial charge in [-0.25, -0.2) is 0 Å². The third-order valence-corrected chi connectivity index (χ3v) is 3.10. The minimum absolute atomic E-state index is 0. The highest BCUT2D eigenvalue weighted by molar-refractivity contribution is 7.11. The fraction of sp³-hybridized carbons (Fsp3) is 0.250. The molecule has 0 saturated carbocycles. The van der Waals surface area contributed by atoms with Crippen molar-refractivity contribution in [1.82, 2.24) is 0 Å². The van der Waals surface area contributed by atoms with Gasteiger partial charge in [-0.2, -0.15) is 0 Å². The predicted octanol–water partition coefficient (Wildman–Crippen LogP) is 2.74. The normalized spacial score (nSPS) is 12.9. The number of carbonyl (C=O) groups is 1. The first-order valence-electron chi connectivity index (χ1n) is 4.79. The third kappa shape index (κ3) is 2.88. The second-order valence-electron chi connectivity index (χ2n) is 3.25. The maximum absolute atomic E-state index is 10.5. The van der Waals surface area contributed by atoms with Crippen LogP contribution in [-0.2, 0) is 11.2 Å². The summed E-state index contributed by atoms with van der Waals surface area (Å²) in [4.78, 5) is 11.6. The quantitative estimate of drug-likeness (QED) is 0.780. The molecule has 0 aliphatic carbocycles. The fourth-order valence-electron chi connectivity index (χ4n) is 1.39. The molecule has 82 valence electrons. The van der Waals surface area contributed by atoms with E-state index in [1.54, 1.807) is 11.3 Å². The van der Waals surface area contributed by atoms with E-state index >= 15 is 0 Å². The number of hydrogen-bond donors (Lipinski definition) is 1. The van der Waals surface area contributed by atoms with Gasteiger partial charge in [-0.15, -0.1) is 11.3 Å². The monoisotopic (exact) mass is 223 g/mol. The predicted molar refractivity (Wildman–Crippen MR) is 69.0 cm³/mol. The second kappa shape index (κ2) is 5.63. The molecular formula is C12H17NOS. The molecule has 0 radical (unpaired) electrons. The first-order chi connectivity index (χ1) is 7.22. The molecule has 1 aromatic rings. The topological polar surface area (TPSA) is 43.1 Å². The van der Waals surface area contributed by atoms with Gasteiger partial charge in [0.25, 0.3) is 0 Å². The van der Waals surface area contributed by atoms with E-state index in [9.17, 15) is 4.79 Å². The van der Waals surface area contributed by atoms with Crippen LogP contribution in [0, 0.1) is 0 Å². The van der Waals surface area contributed by atoms with E-state index in [4.69, 9.17) is 5.73 Å². The molecule has 0 aromatic carbocycles. The lowest BCUT2D eigenvalue weighted by Gasteiger charge is -2.03. The number of carbonyl (C=O) groups excluding carboxylic acids is 1. The lowest BCUT2D eigenvalue weighted by Crippen LogP contribution is -2.24. The smallest absolute Gasteiger partial charge is 0.137 e. The lowest BCUT2D eigenvalue weighted by molar-refractivity contribution is -0.108. The molecule has 1 atom stereocenters. The second-order valence-corrected chi connectivity index (χ2v) is 4.16. The molecular weight excluding hydrogens is 206 g/mol. The number of rotatable bonds is 5. The molecule has 0 aliphatic rings. The maximum atomic E-state index is 10.5. The summed E-state index contributed by atoms with van der Waals surface area (Å²) in [7, 11) is 0. The molecule has 2 nitrogen and oxygen atoms in total. The van der Waals surface area contributed by atoms with E-state index in [1.807, 2.05) is 30.5 Å². The van der Waals surface area contributed by atoms with Crippen LogP contribution in [0.15, 0.2) is 18.0 Å². The average Bonchev–Trinajstić information content (AvgIpc) is 2.61. The molecule has 15 heavy (non-hydrogen) atoms. The molecule has 0 saturated heterocycles. The SMILES string of the molecule is C=Cc1c(C[C@H](N)C=O)csc1/C=C\C.[HH]. The van der Waals surface area contributed by atoms with Crippen LogP contribution < -0.4 is 5.73 Å². The molecule has 0 fully saturated rings. The largest absolute Gasteiger partial charge is 0.321 e.